The molecule has 0 fully saturated rings. The van der Waals surface area contributed by atoms with Crippen molar-refractivity contribution >= 4 is 46.5 Å². The van der Waals surface area contributed by atoms with Crippen LogP contribution in [0.2, 0.25) is 15.1 Å². The van der Waals surface area contributed by atoms with Crippen LogP contribution in [0.4, 0.5) is 5.82 Å². The number of ether oxygens (including phenoxy) is 1. The lowest BCUT2D eigenvalue weighted by atomic mass is 10.2. The third-order valence-electron chi connectivity index (χ3n) is 4.64. The summed E-state index contributed by atoms with van der Waals surface area (Å²) in [7, 11) is 0. The first kappa shape index (κ1) is 22.3. The minimum Gasteiger partial charge on any atom is -0.484 e. The fourth-order valence-electron chi connectivity index (χ4n) is 2.99. The van der Waals surface area contributed by atoms with Crippen LogP contribution >= 0.6 is 34.8 Å². The molecule has 4 rings (SSSR count). The molecule has 0 unspecified atom stereocenters. The van der Waals surface area contributed by atoms with Crippen LogP contribution in [0.15, 0.2) is 65.1 Å². The molecule has 164 valence electrons. The van der Waals surface area contributed by atoms with Crippen molar-refractivity contribution in [2.75, 3.05) is 5.32 Å². The van der Waals surface area contributed by atoms with Gasteiger partial charge in [-0.15, -0.1) is 0 Å². The molecule has 2 heterocycles. The van der Waals surface area contributed by atoms with Crippen molar-refractivity contribution in [3.8, 4) is 5.75 Å². The maximum atomic E-state index is 12.6. The number of furan rings is 1. The fourth-order valence-corrected chi connectivity index (χ4v) is 3.47. The summed E-state index contributed by atoms with van der Waals surface area (Å²) in [5.74, 6) is 1.07. The summed E-state index contributed by atoms with van der Waals surface area (Å²) in [6.07, 6.45) is 0. The molecule has 0 radical (unpaired) electrons. The van der Waals surface area contributed by atoms with Crippen LogP contribution in [0, 0.1) is 6.92 Å². The van der Waals surface area contributed by atoms with Crippen molar-refractivity contribution in [3.05, 3.63) is 98.5 Å². The first-order chi connectivity index (χ1) is 15.4. The number of benzene rings is 2. The van der Waals surface area contributed by atoms with Gasteiger partial charge < -0.3 is 14.5 Å². The van der Waals surface area contributed by atoms with Crippen LogP contribution in [0.3, 0.4) is 0 Å². The summed E-state index contributed by atoms with van der Waals surface area (Å²) >= 11 is 18.0. The smallest absolute Gasteiger partial charge is 0.292 e. The van der Waals surface area contributed by atoms with Gasteiger partial charge in [-0.3, -0.25) is 9.48 Å². The van der Waals surface area contributed by atoms with Crippen molar-refractivity contribution in [1.29, 1.82) is 0 Å². The van der Waals surface area contributed by atoms with Gasteiger partial charge in [-0.25, -0.2) is 0 Å². The Morgan fingerprint density at radius 3 is 2.66 bits per heavy atom. The number of carbonyl (C=O) groups is 1. The van der Waals surface area contributed by atoms with E-state index >= 15 is 0 Å². The number of nitrogens with zero attached hydrogens (tertiary/aromatic N) is 2. The van der Waals surface area contributed by atoms with Crippen molar-refractivity contribution in [3.63, 3.8) is 0 Å². The van der Waals surface area contributed by atoms with Gasteiger partial charge in [-0.05, 0) is 48.9 Å². The van der Waals surface area contributed by atoms with Gasteiger partial charge in [0.15, 0.2) is 11.6 Å². The van der Waals surface area contributed by atoms with Crippen LogP contribution in [-0.4, -0.2) is 15.7 Å². The van der Waals surface area contributed by atoms with Crippen molar-refractivity contribution < 1.29 is 13.9 Å². The largest absolute Gasteiger partial charge is 0.484 e. The number of hydrogen-bond acceptors (Lipinski definition) is 4. The van der Waals surface area contributed by atoms with Gasteiger partial charge >= 0.3 is 0 Å². The Bertz CT molecular complexity index is 1250. The van der Waals surface area contributed by atoms with Crippen molar-refractivity contribution in [2.45, 2.75) is 20.1 Å². The topological polar surface area (TPSA) is 69.3 Å². The highest BCUT2D eigenvalue weighted by Crippen LogP contribution is 2.32. The van der Waals surface area contributed by atoms with E-state index in [0.717, 1.165) is 11.3 Å². The van der Waals surface area contributed by atoms with E-state index in [-0.39, 0.29) is 12.4 Å². The first-order valence-corrected chi connectivity index (χ1v) is 10.8. The van der Waals surface area contributed by atoms with E-state index in [1.54, 1.807) is 41.1 Å². The molecule has 0 aliphatic rings. The average molecular weight is 491 g/mol. The average Bonchev–Trinajstić information content (AvgIpc) is 3.37. The Hall–Kier alpha value is -2.93. The normalized spacial score (nSPS) is 10.9. The standard InChI is InChI=1S/C23H18Cl3N3O3/c1-14-11-21(28-29(14)12-15-5-7-16(24)8-6-15)27-23(30)20-10-9-17(32-20)13-31-19-4-2-3-18(25)22(19)26/h2-11H,12-13H2,1H3,(H,27,28,30). The maximum Gasteiger partial charge on any atom is 0.292 e. The van der Waals surface area contributed by atoms with Gasteiger partial charge in [-0.1, -0.05) is 53.0 Å². The first-order valence-electron chi connectivity index (χ1n) is 9.65. The third-order valence-corrected chi connectivity index (χ3v) is 5.69. The second-order valence-corrected chi connectivity index (χ2v) is 8.24. The lowest BCUT2D eigenvalue weighted by Crippen LogP contribution is -2.12. The number of aryl methyl sites for hydroxylation is 1. The number of carbonyl (C=O) groups excluding carboxylic acids is 1. The number of amides is 1. The summed E-state index contributed by atoms with van der Waals surface area (Å²) in [6, 6.07) is 17.7. The molecular weight excluding hydrogens is 473 g/mol. The molecule has 6 nitrogen and oxygen atoms in total. The molecule has 0 saturated heterocycles. The Morgan fingerprint density at radius 2 is 1.88 bits per heavy atom. The molecule has 4 aromatic rings. The Balaban J connectivity index is 1.38. The van der Waals surface area contributed by atoms with Crippen LogP contribution in [0.1, 0.15) is 27.6 Å². The summed E-state index contributed by atoms with van der Waals surface area (Å²) in [5, 5.41) is 8.60. The van der Waals surface area contributed by atoms with E-state index in [9.17, 15) is 4.79 Å². The highest BCUT2D eigenvalue weighted by Gasteiger charge is 2.15. The second-order valence-electron chi connectivity index (χ2n) is 7.02. The van der Waals surface area contributed by atoms with Gasteiger partial charge in [0.25, 0.3) is 5.91 Å². The van der Waals surface area contributed by atoms with E-state index in [2.05, 4.69) is 10.4 Å². The lowest BCUT2D eigenvalue weighted by Gasteiger charge is -2.07. The number of nitrogens with one attached hydrogen (secondary N) is 1. The zero-order chi connectivity index (χ0) is 22.7. The highest BCUT2D eigenvalue weighted by atomic mass is 35.5. The van der Waals surface area contributed by atoms with Crippen LogP contribution < -0.4 is 10.1 Å². The number of hydrogen-bond donors (Lipinski definition) is 1. The van der Waals surface area contributed by atoms with E-state index in [0.29, 0.717) is 38.9 Å². The molecular formula is C23H18Cl3N3O3. The van der Waals surface area contributed by atoms with Crippen LogP contribution in [0.5, 0.6) is 5.75 Å². The van der Waals surface area contributed by atoms with Crippen molar-refractivity contribution in [1.82, 2.24) is 9.78 Å². The second kappa shape index (κ2) is 9.69. The minimum atomic E-state index is -0.409. The molecule has 0 atom stereocenters. The molecule has 0 spiro atoms. The van der Waals surface area contributed by atoms with E-state index in [1.807, 2.05) is 31.2 Å². The minimum absolute atomic E-state index is 0.0994. The zero-order valence-electron chi connectivity index (χ0n) is 16.9. The van der Waals surface area contributed by atoms with E-state index < -0.39 is 5.91 Å². The third kappa shape index (κ3) is 5.27. The Labute approximate surface area is 199 Å². The summed E-state index contributed by atoms with van der Waals surface area (Å²) in [5.41, 5.74) is 1.95. The van der Waals surface area contributed by atoms with Gasteiger partial charge in [0.05, 0.1) is 11.6 Å². The molecule has 0 bridgehead atoms. The van der Waals surface area contributed by atoms with E-state index in [4.69, 9.17) is 44.0 Å². The van der Waals surface area contributed by atoms with Gasteiger partial charge in [-0.2, -0.15) is 5.10 Å². The zero-order valence-corrected chi connectivity index (χ0v) is 19.2. The number of halogens is 3. The molecule has 0 aliphatic carbocycles. The maximum absolute atomic E-state index is 12.6. The van der Waals surface area contributed by atoms with Gasteiger partial charge in [0, 0.05) is 16.8 Å². The summed E-state index contributed by atoms with van der Waals surface area (Å²) in [6.45, 7) is 2.58. The summed E-state index contributed by atoms with van der Waals surface area (Å²) < 4.78 is 13.0. The van der Waals surface area contributed by atoms with Gasteiger partial charge in [0.2, 0.25) is 0 Å². The van der Waals surface area contributed by atoms with Crippen LogP contribution in [0.25, 0.3) is 0 Å². The molecule has 1 N–H and O–H groups in total. The van der Waals surface area contributed by atoms with Gasteiger partial charge in [0.1, 0.15) is 23.1 Å². The van der Waals surface area contributed by atoms with Crippen molar-refractivity contribution in [2.24, 2.45) is 0 Å². The van der Waals surface area contributed by atoms with E-state index in [1.165, 1.54) is 0 Å². The lowest BCUT2D eigenvalue weighted by molar-refractivity contribution is 0.0992. The number of anilines is 1. The monoisotopic (exact) mass is 489 g/mol. The predicted molar refractivity (Wildman–Crippen MR) is 125 cm³/mol. The molecule has 0 saturated carbocycles. The molecule has 2 aromatic carbocycles. The highest BCUT2D eigenvalue weighted by molar-refractivity contribution is 6.42. The summed E-state index contributed by atoms with van der Waals surface area (Å²) in [4.78, 5) is 12.6. The molecule has 0 aliphatic heterocycles. The predicted octanol–water partition coefficient (Wildman–Crippen LogP) is 6.62. The SMILES string of the molecule is Cc1cc(NC(=O)c2ccc(COc3cccc(Cl)c3Cl)o2)nn1Cc1ccc(Cl)cc1. The quantitative estimate of drug-likeness (QED) is 0.316. The molecule has 9 heteroatoms. The van der Waals surface area contributed by atoms with Crippen LogP contribution in [-0.2, 0) is 13.2 Å². The molecule has 1 amide bonds. The Morgan fingerprint density at radius 1 is 1.09 bits per heavy atom. The molecule has 32 heavy (non-hydrogen) atoms. The number of rotatable bonds is 7. The molecule has 2 aromatic heterocycles. The fraction of sp³-hybridized carbons (Fsp3) is 0.130. The number of aromatic nitrogens is 2. The Kier molecular flexibility index (Phi) is 6.74.